The van der Waals surface area contributed by atoms with Gasteiger partial charge < -0.3 is 10.6 Å². The first kappa shape index (κ1) is 21.2. The maximum absolute atomic E-state index is 11.9. The van der Waals surface area contributed by atoms with Crippen molar-refractivity contribution in [3.05, 3.63) is 48.2 Å². The summed E-state index contributed by atoms with van der Waals surface area (Å²) in [6.45, 7) is 4.67. The Kier molecular flexibility index (Phi) is 5.63. The van der Waals surface area contributed by atoms with E-state index in [1.54, 1.807) is 24.3 Å². The minimum atomic E-state index is -3.24. The lowest BCUT2D eigenvalue weighted by Gasteiger charge is -2.27. The van der Waals surface area contributed by atoms with E-state index in [0.717, 1.165) is 22.2 Å². The van der Waals surface area contributed by atoms with Crippen molar-refractivity contribution in [2.24, 2.45) is 0 Å². The van der Waals surface area contributed by atoms with Gasteiger partial charge in [0.05, 0.1) is 16.1 Å². The predicted molar refractivity (Wildman–Crippen MR) is 120 cm³/mol. The van der Waals surface area contributed by atoms with Gasteiger partial charge in [0.25, 0.3) is 0 Å². The molecule has 0 spiro atoms. The molecule has 1 saturated heterocycles. The molecule has 8 nitrogen and oxygen atoms in total. The van der Waals surface area contributed by atoms with Crippen LogP contribution in [-0.2, 0) is 14.6 Å². The maximum Gasteiger partial charge on any atom is 0.222 e. The second kappa shape index (κ2) is 8.24. The van der Waals surface area contributed by atoms with Gasteiger partial charge in [0.2, 0.25) is 5.91 Å². The van der Waals surface area contributed by atoms with Gasteiger partial charge in [-0.05, 0) is 49.2 Å². The second-order valence-electron chi connectivity index (χ2n) is 7.99. The fraction of sp³-hybridized carbons (Fsp3) is 0.318. The Morgan fingerprint density at radius 1 is 1.06 bits per heavy atom. The summed E-state index contributed by atoms with van der Waals surface area (Å²) < 4.78 is 23.4. The van der Waals surface area contributed by atoms with E-state index in [1.807, 2.05) is 32.0 Å². The third-order valence-electron chi connectivity index (χ3n) is 5.12. The van der Waals surface area contributed by atoms with Crippen LogP contribution in [0.5, 0.6) is 0 Å². The molecule has 2 heterocycles. The third-order valence-corrected chi connectivity index (χ3v) is 6.25. The molecule has 1 aliphatic heterocycles. The van der Waals surface area contributed by atoms with Gasteiger partial charge in [-0.3, -0.25) is 10.1 Å². The zero-order valence-corrected chi connectivity index (χ0v) is 18.5. The number of sulfone groups is 1. The zero-order chi connectivity index (χ0) is 22.2. The molecule has 1 atom stereocenters. The van der Waals surface area contributed by atoms with Crippen LogP contribution in [0.15, 0.2) is 47.4 Å². The smallest absolute Gasteiger partial charge is 0.222 e. The SMILES string of the molecule is CC(C)Nc1c(C2NCCC(=O)N2)nnc2cc(-c3ccc(S(C)(=O)=O)cc3)ccc12. The molecule has 2 aromatic carbocycles. The summed E-state index contributed by atoms with van der Waals surface area (Å²) in [5.41, 5.74) is 3.99. The van der Waals surface area contributed by atoms with Crippen molar-refractivity contribution in [2.45, 2.75) is 37.4 Å². The molecule has 4 rings (SSSR count). The van der Waals surface area contributed by atoms with Crippen molar-refractivity contribution < 1.29 is 13.2 Å². The number of rotatable bonds is 5. The van der Waals surface area contributed by atoms with Gasteiger partial charge in [-0.15, -0.1) is 10.2 Å². The number of fused-ring (bicyclic) bond motifs is 1. The van der Waals surface area contributed by atoms with Crippen LogP contribution in [0, 0.1) is 0 Å². The van der Waals surface area contributed by atoms with Crippen molar-refractivity contribution in [2.75, 3.05) is 18.1 Å². The molecule has 162 valence electrons. The normalized spacial score (nSPS) is 17.0. The lowest BCUT2D eigenvalue weighted by Crippen LogP contribution is -2.45. The van der Waals surface area contributed by atoms with Gasteiger partial charge >= 0.3 is 0 Å². The Balaban J connectivity index is 1.76. The highest BCUT2D eigenvalue weighted by Gasteiger charge is 2.25. The second-order valence-corrected chi connectivity index (χ2v) is 10.0. The summed E-state index contributed by atoms with van der Waals surface area (Å²) in [6.07, 6.45) is 1.23. The average Bonchev–Trinajstić information content (AvgIpc) is 2.72. The highest BCUT2D eigenvalue weighted by Crippen LogP contribution is 2.32. The van der Waals surface area contributed by atoms with Gasteiger partial charge in [0.15, 0.2) is 9.84 Å². The van der Waals surface area contributed by atoms with Gasteiger partial charge in [-0.2, -0.15) is 0 Å². The molecular weight excluding hydrogens is 414 g/mol. The van der Waals surface area contributed by atoms with Crippen molar-refractivity contribution >= 4 is 32.3 Å². The molecular formula is C22H25N5O3S. The highest BCUT2D eigenvalue weighted by atomic mass is 32.2. The van der Waals surface area contributed by atoms with Gasteiger partial charge in [0.1, 0.15) is 11.9 Å². The molecule has 0 bridgehead atoms. The van der Waals surface area contributed by atoms with E-state index in [0.29, 0.717) is 24.2 Å². The number of aromatic nitrogens is 2. The van der Waals surface area contributed by atoms with E-state index in [2.05, 4.69) is 26.1 Å². The first-order valence-electron chi connectivity index (χ1n) is 10.1. The van der Waals surface area contributed by atoms with E-state index in [4.69, 9.17) is 0 Å². The van der Waals surface area contributed by atoms with E-state index >= 15 is 0 Å². The standard InChI is InChI=1S/C22H25N5O3S/c1-13(2)24-20-17-9-6-15(14-4-7-16(8-5-14)31(3,29)30)12-18(17)26-27-21(20)22-23-11-10-19(28)25-22/h4-9,12-13,22-23H,10-11H2,1-3H3,(H,24,26)(H,25,28). The Labute approximate surface area is 181 Å². The van der Waals surface area contributed by atoms with E-state index < -0.39 is 16.0 Å². The minimum absolute atomic E-state index is 0.0194. The van der Waals surface area contributed by atoms with Crippen molar-refractivity contribution in [1.29, 1.82) is 0 Å². The molecule has 0 saturated carbocycles. The summed E-state index contributed by atoms with van der Waals surface area (Å²) in [7, 11) is -3.24. The molecule has 1 unspecified atom stereocenters. The Morgan fingerprint density at radius 3 is 2.42 bits per heavy atom. The van der Waals surface area contributed by atoms with E-state index in [1.165, 1.54) is 6.26 Å². The topological polar surface area (TPSA) is 113 Å². The summed E-state index contributed by atoms with van der Waals surface area (Å²) in [4.78, 5) is 12.2. The van der Waals surface area contributed by atoms with E-state index in [-0.39, 0.29) is 16.8 Å². The summed E-state index contributed by atoms with van der Waals surface area (Å²) in [5, 5.41) is 19.4. The Hall–Kier alpha value is -3.04. The predicted octanol–water partition coefficient (Wildman–Crippen LogP) is 2.63. The molecule has 31 heavy (non-hydrogen) atoms. The number of anilines is 1. The number of nitrogens with one attached hydrogen (secondary N) is 3. The van der Waals surface area contributed by atoms with Gasteiger partial charge in [0, 0.05) is 30.6 Å². The van der Waals surface area contributed by atoms with Crippen LogP contribution in [0.2, 0.25) is 0 Å². The molecule has 1 aromatic heterocycles. The number of nitrogens with zero attached hydrogens (tertiary/aromatic N) is 2. The Bertz CT molecular complexity index is 1240. The fourth-order valence-electron chi connectivity index (χ4n) is 3.62. The zero-order valence-electron chi connectivity index (χ0n) is 17.6. The molecule has 1 aliphatic rings. The Morgan fingerprint density at radius 2 is 1.77 bits per heavy atom. The summed E-state index contributed by atoms with van der Waals surface area (Å²) in [6, 6.07) is 12.8. The fourth-order valence-corrected chi connectivity index (χ4v) is 4.25. The quantitative estimate of drug-likeness (QED) is 0.560. The number of carbonyl (C=O) groups excluding carboxylic acids is 1. The monoisotopic (exact) mass is 439 g/mol. The lowest BCUT2D eigenvalue weighted by atomic mass is 10.0. The molecule has 1 amide bonds. The number of benzene rings is 2. The van der Waals surface area contributed by atoms with Crippen molar-refractivity contribution in [1.82, 2.24) is 20.8 Å². The van der Waals surface area contributed by atoms with Crippen molar-refractivity contribution in [3.63, 3.8) is 0 Å². The molecule has 0 radical (unpaired) electrons. The first-order chi connectivity index (χ1) is 14.7. The molecule has 0 aliphatic carbocycles. The van der Waals surface area contributed by atoms with Crippen molar-refractivity contribution in [3.8, 4) is 11.1 Å². The molecule has 3 N–H and O–H groups in total. The van der Waals surface area contributed by atoms with Gasteiger partial charge in [-0.25, -0.2) is 8.42 Å². The van der Waals surface area contributed by atoms with Crippen LogP contribution in [0.3, 0.4) is 0 Å². The van der Waals surface area contributed by atoms with E-state index in [9.17, 15) is 13.2 Å². The number of carbonyl (C=O) groups is 1. The van der Waals surface area contributed by atoms with Crippen LogP contribution in [0.4, 0.5) is 5.69 Å². The largest absolute Gasteiger partial charge is 0.381 e. The summed E-state index contributed by atoms with van der Waals surface area (Å²) >= 11 is 0. The van der Waals surface area contributed by atoms with Crippen LogP contribution >= 0.6 is 0 Å². The maximum atomic E-state index is 11.9. The minimum Gasteiger partial charge on any atom is -0.381 e. The van der Waals surface area contributed by atoms with Gasteiger partial charge in [-0.1, -0.05) is 18.2 Å². The number of hydrogen-bond acceptors (Lipinski definition) is 7. The third kappa shape index (κ3) is 4.52. The number of amides is 1. The molecule has 1 fully saturated rings. The van der Waals surface area contributed by atoms with Crippen LogP contribution in [-0.4, -0.2) is 43.4 Å². The highest BCUT2D eigenvalue weighted by molar-refractivity contribution is 7.90. The lowest BCUT2D eigenvalue weighted by molar-refractivity contribution is -0.123. The summed E-state index contributed by atoms with van der Waals surface area (Å²) in [5.74, 6) is -0.0194. The van der Waals surface area contributed by atoms with Crippen LogP contribution in [0.1, 0.15) is 32.1 Å². The molecule has 9 heteroatoms. The number of hydrogen-bond donors (Lipinski definition) is 3. The van der Waals surface area contributed by atoms with Crippen LogP contribution < -0.4 is 16.0 Å². The first-order valence-corrected chi connectivity index (χ1v) is 12.0. The molecule has 3 aromatic rings. The average molecular weight is 440 g/mol. The van der Waals surface area contributed by atoms with Crippen LogP contribution in [0.25, 0.3) is 22.0 Å².